The molecule has 0 aliphatic carbocycles. The van der Waals surface area contributed by atoms with E-state index < -0.39 is 5.97 Å². The van der Waals surface area contributed by atoms with Gasteiger partial charge in [-0.2, -0.15) is 0 Å². The van der Waals surface area contributed by atoms with Crippen molar-refractivity contribution in [2.75, 3.05) is 31.9 Å². The van der Waals surface area contributed by atoms with Crippen LogP contribution in [-0.2, 0) is 9.53 Å². The fourth-order valence-electron chi connectivity index (χ4n) is 2.17. The quantitative estimate of drug-likeness (QED) is 0.561. The zero-order valence-electron chi connectivity index (χ0n) is 14.9. The van der Waals surface area contributed by atoms with Gasteiger partial charge in [-0.05, 0) is 49.4 Å². The molecule has 0 fully saturated rings. The zero-order valence-corrected chi connectivity index (χ0v) is 15.7. The Morgan fingerprint density at radius 2 is 1.73 bits per heavy atom. The molecule has 0 spiro atoms. The highest BCUT2D eigenvalue weighted by Crippen LogP contribution is 2.25. The Bertz CT molecular complexity index is 761. The van der Waals surface area contributed by atoms with E-state index in [1.54, 1.807) is 12.1 Å². The molecule has 1 N–H and O–H groups in total. The van der Waals surface area contributed by atoms with Crippen molar-refractivity contribution in [3.63, 3.8) is 0 Å². The number of esters is 1. The molecule has 0 saturated carbocycles. The second kappa shape index (κ2) is 9.72. The molecule has 2 aromatic carbocycles. The molecule has 0 heterocycles. The van der Waals surface area contributed by atoms with Crippen molar-refractivity contribution in [2.45, 2.75) is 11.8 Å². The molecule has 6 nitrogen and oxygen atoms in total. The van der Waals surface area contributed by atoms with Crippen LogP contribution in [0.25, 0.3) is 0 Å². The number of hydrogen-bond acceptors (Lipinski definition) is 6. The number of thioether (sulfide) groups is 1. The molecular formula is C19H21NO5S. The lowest BCUT2D eigenvalue weighted by Gasteiger charge is -2.11. The molecule has 0 unspecified atom stereocenters. The first-order chi connectivity index (χ1) is 12.6. The molecule has 0 aliphatic heterocycles. The van der Waals surface area contributed by atoms with Gasteiger partial charge in [0, 0.05) is 4.90 Å². The lowest BCUT2D eigenvalue weighted by molar-refractivity contribution is -0.113. The molecule has 2 aromatic rings. The minimum Gasteiger partial charge on any atom is -0.497 e. The topological polar surface area (TPSA) is 73.9 Å². The van der Waals surface area contributed by atoms with E-state index in [1.807, 2.05) is 31.2 Å². The first kappa shape index (κ1) is 19.7. The average Bonchev–Trinajstić information content (AvgIpc) is 2.67. The van der Waals surface area contributed by atoms with Crippen molar-refractivity contribution < 1.29 is 23.8 Å². The van der Waals surface area contributed by atoms with Gasteiger partial charge in [-0.1, -0.05) is 0 Å². The van der Waals surface area contributed by atoms with Crippen molar-refractivity contribution in [2.24, 2.45) is 0 Å². The van der Waals surface area contributed by atoms with Gasteiger partial charge in [-0.25, -0.2) is 4.79 Å². The Morgan fingerprint density at radius 3 is 2.35 bits per heavy atom. The summed E-state index contributed by atoms with van der Waals surface area (Å²) in [6, 6.07) is 12.3. The molecule has 0 aromatic heterocycles. The normalized spacial score (nSPS) is 10.1. The van der Waals surface area contributed by atoms with Crippen molar-refractivity contribution >= 4 is 29.3 Å². The van der Waals surface area contributed by atoms with Gasteiger partial charge in [-0.3, -0.25) is 4.79 Å². The maximum atomic E-state index is 12.2. The Labute approximate surface area is 156 Å². The second-order valence-electron chi connectivity index (χ2n) is 5.14. The Morgan fingerprint density at radius 1 is 1.04 bits per heavy atom. The fourth-order valence-corrected chi connectivity index (χ4v) is 2.87. The molecular weight excluding hydrogens is 354 g/mol. The zero-order chi connectivity index (χ0) is 18.9. The number of nitrogens with one attached hydrogen (secondary N) is 1. The van der Waals surface area contributed by atoms with Crippen molar-refractivity contribution in [3.8, 4) is 11.5 Å². The minimum atomic E-state index is -0.543. The summed E-state index contributed by atoms with van der Waals surface area (Å²) in [6.07, 6.45) is 0. The summed E-state index contributed by atoms with van der Waals surface area (Å²) in [6.45, 7) is 2.54. The van der Waals surface area contributed by atoms with Crippen LogP contribution in [-0.4, -0.2) is 38.5 Å². The SMILES string of the molecule is CCOc1ccc(SCC(=O)Nc2ccc(OC)cc2C(=O)OC)cc1. The van der Waals surface area contributed by atoms with Gasteiger partial charge in [0.1, 0.15) is 11.5 Å². The summed E-state index contributed by atoms with van der Waals surface area (Å²) >= 11 is 1.39. The van der Waals surface area contributed by atoms with E-state index in [0.29, 0.717) is 18.0 Å². The maximum absolute atomic E-state index is 12.2. The van der Waals surface area contributed by atoms with Crippen LogP contribution in [0.2, 0.25) is 0 Å². The molecule has 2 rings (SSSR count). The van der Waals surface area contributed by atoms with Crippen LogP contribution < -0.4 is 14.8 Å². The summed E-state index contributed by atoms with van der Waals surface area (Å²) in [4.78, 5) is 25.1. The summed E-state index contributed by atoms with van der Waals surface area (Å²) in [5.41, 5.74) is 0.626. The van der Waals surface area contributed by atoms with Crippen molar-refractivity contribution in [1.29, 1.82) is 0 Å². The van der Waals surface area contributed by atoms with Crippen LogP contribution in [0.5, 0.6) is 11.5 Å². The van der Waals surface area contributed by atoms with Crippen LogP contribution in [0.15, 0.2) is 47.4 Å². The third-order valence-electron chi connectivity index (χ3n) is 3.41. The molecule has 0 aliphatic rings. The highest BCUT2D eigenvalue weighted by molar-refractivity contribution is 8.00. The number of rotatable bonds is 8. The third kappa shape index (κ3) is 5.42. The number of benzene rings is 2. The summed E-state index contributed by atoms with van der Waals surface area (Å²) in [5, 5.41) is 2.74. The molecule has 0 atom stereocenters. The Hall–Kier alpha value is -2.67. The summed E-state index contributed by atoms with van der Waals surface area (Å²) in [5.74, 6) is 0.743. The predicted octanol–water partition coefficient (Wildman–Crippen LogP) is 3.61. The number of amides is 1. The lowest BCUT2D eigenvalue weighted by Crippen LogP contribution is -2.17. The number of carbonyl (C=O) groups excluding carboxylic acids is 2. The Kier molecular flexibility index (Phi) is 7.35. The molecule has 138 valence electrons. The molecule has 0 saturated heterocycles. The van der Waals surface area contributed by atoms with Crippen LogP contribution in [0.4, 0.5) is 5.69 Å². The highest BCUT2D eigenvalue weighted by Gasteiger charge is 2.15. The van der Waals surface area contributed by atoms with Gasteiger partial charge in [-0.15, -0.1) is 11.8 Å². The van der Waals surface area contributed by atoms with Crippen LogP contribution in [0.1, 0.15) is 17.3 Å². The number of hydrogen-bond donors (Lipinski definition) is 1. The smallest absolute Gasteiger partial charge is 0.340 e. The first-order valence-corrected chi connectivity index (χ1v) is 8.97. The van der Waals surface area contributed by atoms with Gasteiger partial charge >= 0.3 is 5.97 Å². The van der Waals surface area contributed by atoms with E-state index in [9.17, 15) is 9.59 Å². The van der Waals surface area contributed by atoms with Crippen molar-refractivity contribution in [1.82, 2.24) is 0 Å². The molecule has 7 heteroatoms. The van der Waals surface area contributed by atoms with Gasteiger partial charge < -0.3 is 19.5 Å². The monoisotopic (exact) mass is 375 g/mol. The van der Waals surface area contributed by atoms with E-state index in [0.717, 1.165) is 10.6 Å². The first-order valence-electron chi connectivity index (χ1n) is 7.99. The van der Waals surface area contributed by atoms with Gasteiger partial charge in [0.05, 0.1) is 37.8 Å². The summed E-state index contributed by atoms with van der Waals surface area (Å²) < 4.78 is 15.3. The molecule has 0 bridgehead atoms. The molecule has 1 amide bonds. The number of methoxy groups -OCH3 is 2. The number of ether oxygens (including phenoxy) is 3. The van der Waals surface area contributed by atoms with Crippen LogP contribution in [0, 0.1) is 0 Å². The van der Waals surface area contributed by atoms with E-state index in [-0.39, 0.29) is 17.2 Å². The molecule has 26 heavy (non-hydrogen) atoms. The Balaban J connectivity index is 1.99. The lowest BCUT2D eigenvalue weighted by atomic mass is 10.1. The number of carbonyl (C=O) groups is 2. The van der Waals surface area contributed by atoms with E-state index >= 15 is 0 Å². The van der Waals surface area contributed by atoms with Gasteiger partial charge in [0.15, 0.2) is 0 Å². The van der Waals surface area contributed by atoms with Gasteiger partial charge in [0.25, 0.3) is 0 Å². The third-order valence-corrected chi connectivity index (χ3v) is 4.42. The van der Waals surface area contributed by atoms with E-state index in [1.165, 1.54) is 32.0 Å². The van der Waals surface area contributed by atoms with Crippen LogP contribution >= 0.6 is 11.8 Å². The fraction of sp³-hybridized carbons (Fsp3) is 0.263. The number of anilines is 1. The maximum Gasteiger partial charge on any atom is 0.340 e. The standard InChI is InChI=1S/C19H21NO5S/c1-4-25-13-5-8-15(9-6-13)26-12-18(21)20-17-10-7-14(23-2)11-16(17)19(22)24-3/h5-11H,4,12H2,1-3H3,(H,20,21). The predicted molar refractivity (Wildman–Crippen MR) is 101 cm³/mol. The largest absolute Gasteiger partial charge is 0.497 e. The van der Waals surface area contributed by atoms with Crippen molar-refractivity contribution in [3.05, 3.63) is 48.0 Å². The van der Waals surface area contributed by atoms with E-state index in [2.05, 4.69) is 5.32 Å². The minimum absolute atomic E-state index is 0.209. The average molecular weight is 375 g/mol. The second-order valence-corrected chi connectivity index (χ2v) is 6.19. The highest BCUT2D eigenvalue weighted by atomic mass is 32.2. The molecule has 0 radical (unpaired) electrons. The van der Waals surface area contributed by atoms with E-state index in [4.69, 9.17) is 14.2 Å². The van der Waals surface area contributed by atoms with Crippen LogP contribution in [0.3, 0.4) is 0 Å². The summed E-state index contributed by atoms with van der Waals surface area (Å²) in [7, 11) is 2.79. The van der Waals surface area contributed by atoms with Gasteiger partial charge in [0.2, 0.25) is 5.91 Å².